The highest BCUT2D eigenvalue weighted by Gasteiger charge is 2.07. The Morgan fingerprint density at radius 3 is 2.78 bits per heavy atom. The van der Waals surface area contributed by atoms with Crippen molar-refractivity contribution in [2.24, 2.45) is 5.92 Å². The molecule has 1 aromatic rings. The molecule has 0 saturated carbocycles. The van der Waals surface area contributed by atoms with E-state index in [0.717, 1.165) is 4.88 Å². The second-order valence-electron chi connectivity index (χ2n) is 4.81. The number of aliphatic hydroxyl groups excluding tert-OH is 1. The maximum Gasteiger partial charge on any atom is 0.244 e. The SMILES string of the molecule is Cc1ccc(/C=C/C(=O)NCC(O)CC(C)C)s1. The monoisotopic (exact) mass is 267 g/mol. The number of amides is 1. The molecule has 1 atom stereocenters. The Hall–Kier alpha value is -1.13. The lowest BCUT2D eigenvalue weighted by Gasteiger charge is -2.12. The molecule has 18 heavy (non-hydrogen) atoms. The molecule has 1 unspecified atom stereocenters. The molecule has 3 nitrogen and oxygen atoms in total. The van der Waals surface area contributed by atoms with Crippen molar-refractivity contribution < 1.29 is 9.90 Å². The van der Waals surface area contributed by atoms with Crippen molar-refractivity contribution in [1.82, 2.24) is 5.32 Å². The van der Waals surface area contributed by atoms with Gasteiger partial charge in [0.1, 0.15) is 0 Å². The van der Waals surface area contributed by atoms with Crippen LogP contribution in [0, 0.1) is 12.8 Å². The highest BCUT2D eigenvalue weighted by molar-refractivity contribution is 7.12. The molecule has 1 heterocycles. The van der Waals surface area contributed by atoms with E-state index in [1.807, 2.05) is 32.9 Å². The number of thiophene rings is 1. The van der Waals surface area contributed by atoms with Gasteiger partial charge in [0.05, 0.1) is 6.10 Å². The minimum atomic E-state index is -0.466. The highest BCUT2D eigenvalue weighted by atomic mass is 32.1. The summed E-state index contributed by atoms with van der Waals surface area (Å²) in [5.74, 6) is 0.269. The summed E-state index contributed by atoms with van der Waals surface area (Å²) in [7, 11) is 0. The zero-order valence-electron chi connectivity index (χ0n) is 11.1. The molecule has 0 bridgehead atoms. The minimum Gasteiger partial charge on any atom is -0.391 e. The maximum absolute atomic E-state index is 11.5. The molecule has 1 aromatic heterocycles. The fourth-order valence-electron chi connectivity index (χ4n) is 1.61. The molecule has 0 fully saturated rings. The first-order valence-corrected chi connectivity index (χ1v) is 6.99. The number of rotatable bonds is 6. The summed E-state index contributed by atoms with van der Waals surface area (Å²) < 4.78 is 0. The molecule has 0 spiro atoms. The predicted molar refractivity (Wildman–Crippen MR) is 76.6 cm³/mol. The third-order valence-corrected chi connectivity index (χ3v) is 3.38. The first-order valence-electron chi connectivity index (χ1n) is 6.17. The standard InChI is InChI=1S/C14H21NO2S/c1-10(2)8-12(16)9-15-14(17)7-6-13-5-4-11(3)18-13/h4-7,10,12,16H,8-9H2,1-3H3,(H,15,17)/b7-6+. The topological polar surface area (TPSA) is 49.3 Å². The van der Waals surface area contributed by atoms with Crippen LogP contribution in [0.25, 0.3) is 6.08 Å². The summed E-state index contributed by atoms with van der Waals surface area (Å²) in [6.45, 7) is 6.43. The summed E-state index contributed by atoms with van der Waals surface area (Å²) in [4.78, 5) is 13.8. The molecule has 0 aliphatic heterocycles. The van der Waals surface area contributed by atoms with Gasteiger partial charge in [0.25, 0.3) is 0 Å². The van der Waals surface area contributed by atoms with E-state index >= 15 is 0 Å². The Bertz CT molecular complexity index is 410. The number of aryl methyl sites for hydroxylation is 1. The summed E-state index contributed by atoms with van der Waals surface area (Å²) in [5, 5.41) is 12.3. The van der Waals surface area contributed by atoms with E-state index in [4.69, 9.17) is 0 Å². The predicted octanol–water partition coefficient (Wildman–Crippen LogP) is 2.59. The van der Waals surface area contributed by atoms with Crippen LogP contribution in [-0.2, 0) is 4.79 Å². The lowest BCUT2D eigenvalue weighted by atomic mass is 10.1. The smallest absolute Gasteiger partial charge is 0.244 e. The van der Waals surface area contributed by atoms with Crippen molar-refractivity contribution in [1.29, 1.82) is 0 Å². The van der Waals surface area contributed by atoms with E-state index in [1.165, 1.54) is 11.0 Å². The quantitative estimate of drug-likeness (QED) is 0.778. The number of hydrogen-bond acceptors (Lipinski definition) is 3. The molecule has 100 valence electrons. The van der Waals surface area contributed by atoms with E-state index < -0.39 is 6.10 Å². The van der Waals surface area contributed by atoms with E-state index in [-0.39, 0.29) is 5.91 Å². The van der Waals surface area contributed by atoms with Crippen LogP contribution in [0.15, 0.2) is 18.2 Å². The molecule has 4 heteroatoms. The largest absolute Gasteiger partial charge is 0.391 e. The van der Waals surface area contributed by atoms with Crippen molar-refractivity contribution in [2.75, 3.05) is 6.54 Å². The Morgan fingerprint density at radius 1 is 1.50 bits per heavy atom. The highest BCUT2D eigenvalue weighted by Crippen LogP contribution is 2.16. The number of nitrogens with one attached hydrogen (secondary N) is 1. The number of carbonyl (C=O) groups excluding carboxylic acids is 1. The lowest BCUT2D eigenvalue weighted by Crippen LogP contribution is -2.31. The average molecular weight is 267 g/mol. The number of carbonyl (C=O) groups is 1. The van der Waals surface area contributed by atoms with Crippen LogP contribution < -0.4 is 5.32 Å². The van der Waals surface area contributed by atoms with Gasteiger partial charge in [-0.2, -0.15) is 0 Å². The van der Waals surface area contributed by atoms with Crippen LogP contribution in [0.3, 0.4) is 0 Å². The molecule has 0 aliphatic carbocycles. The molecular formula is C14H21NO2S. The Balaban J connectivity index is 2.31. The van der Waals surface area contributed by atoms with Gasteiger partial charge in [-0.3, -0.25) is 4.79 Å². The van der Waals surface area contributed by atoms with Crippen LogP contribution in [0.5, 0.6) is 0 Å². The van der Waals surface area contributed by atoms with Crippen LogP contribution in [-0.4, -0.2) is 23.7 Å². The minimum absolute atomic E-state index is 0.163. The van der Waals surface area contributed by atoms with Gasteiger partial charge in [0.15, 0.2) is 0 Å². The van der Waals surface area contributed by atoms with Crippen LogP contribution in [0.4, 0.5) is 0 Å². The third-order valence-electron chi connectivity index (χ3n) is 2.42. The van der Waals surface area contributed by atoms with Crippen LogP contribution >= 0.6 is 11.3 Å². The maximum atomic E-state index is 11.5. The van der Waals surface area contributed by atoms with Crippen molar-refractivity contribution >= 4 is 23.3 Å². The normalized spacial score (nSPS) is 13.2. The van der Waals surface area contributed by atoms with Crippen molar-refractivity contribution in [3.05, 3.63) is 28.0 Å². The first-order chi connectivity index (χ1) is 8.47. The molecule has 2 N–H and O–H groups in total. The molecule has 0 radical (unpaired) electrons. The van der Waals surface area contributed by atoms with Crippen molar-refractivity contribution in [3.8, 4) is 0 Å². The zero-order valence-corrected chi connectivity index (χ0v) is 12.0. The number of hydrogen-bond donors (Lipinski definition) is 2. The van der Waals surface area contributed by atoms with Gasteiger partial charge in [-0.25, -0.2) is 0 Å². The Labute approximate surface area is 113 Å². The van der Waals surface area contributed by atoms with Gasteiger partial charge < -0.3 is 10.4 Å². The zero-order chi connectivity index (χ0) is 13.5. The molecule has 0 aliphatic rings. The fourth-order valence-corrected chi connectivity index (χ4v) is 2.39. The molecule has 0 saturated heterocycles. The van der Waals surface area contributed by atoms with Gasteiger partial charge in [0.2, 0.25) is 5.91 Å². The number of aliphatic hydroxyl groups is 1. The van der Waals surface area contributed by atoms with Gasteiger partial charge in [-0.05, 0) is 37.5 Å². The summed E-state index contributed by atoms with van der Waals surface area (Å²) >= 11 is 1.65. The van der Waals surface area contributed by atoms with Crippen LogP contribution in [0.1, 0.15) is 30.0 Å². The summed E-state index contributed by atoms with van der Waals surface area (Å²) in [6, 6.07) is 4.01. The Morgan fingerprint density at radius 2 is 2.22 bits per heavy atom. The molecule has 1 amide bonds. The molecule has 0 aromatic carbocycles. The fraction of sp³-hybridized carbons (Fsp3) is 0.500. The van der Waals surface area contributed by atoms with E-state index in [9.17, 15) is 9.90 Å². The van der Waals surface area contributed by atoms with Gasteiger partial charge >= 0.3 is 0 Å². The summed E-state index contributed by atoms with van der Waals surface area (Å²) in [6.07, 6.45) is 3.54. The van der Waals surface area contributed by atoms with Gasteiger partial charge in [0, 0.05) is 22.4 Å². The lowest BCUT2D eigenvalue weighted by molar-refractivity contribution is -0.116. The molecule has 1 rings (SSSR count). The summed E-state index contributed by atoms with van der Waals surface area (Å²) in [5.41, 5.74) is 0. The average Bonchev–Trinajstić information content (AvgIpc) is 2.69. The van der Waals surface area contributed by atoms with E-state index in [1.54, 1.807) is 17.4 Å². The second-order valence-corrected chi connectivity index (χ2v) is 6.13. The molecular weight excluding hydrogens is 246 g/mol. The van der Waals surface area contributed by atoms with Gasteiger partial charge in [-0.15, -0.1) is 11.3 Å². The van der Waals surface area contributed by atoms with Crippen molar-refractivity contribution in [3.63, 3.8) is 0 Å². The van der Waals surface area contributed by atoms with Gasteiger partial charge in [-0.1, -0.05) is 13.8 Å². The van der Waals surface area contributed by atoms with E-state index in [0.29, 0.717) is 18.9 Å². The Kier molecular flexibility index (Phi) is 6.09. The second kappa shape index (κ2) is 7.34. The van der Waals surface area contributed by atoms with Crippen LogP contribution in [0.2, 0.25) is 0 Å². The third kappa shape index (κ3) is 5.98. The van der Waals surface area contributed by atoms with E-state index in [2.05, 4.69) is 5.32 Å². The first kappa shape index (κ1) is 14.9. The van der Waals surface area contributed by atoms with Crippen molar-refractivity contribution in [2.45, 2.75) is 33.3 Å².